The SMILES string of the molecule is CC1CC(c2csc3cc(F)ccc23)CC(C)N1. The molecule has 0 amide bonds. The lowest BCUT2D eigenvalue weighted by molar-refractivity contribution is 0.318. The van der Waals surface area contributed by atoms with Crippen molar-refractivity contribution in [3.8, 4) is 0 Å². The van der Waals surface area contributed by atoms with Gasteiger partial charge in [0.1, 0.15) is 5.82 Å². The van der Waals surface area contributed by atoms with E-state index in [1.54, 1.807) is 23.5 Å². The Morgan fingerprint density at radius 1 is 1.22 bits per heavy atom. The zero-order valence-corrected chi connectivity index (χ0v) is 11.6. The van der Waals surface area contributed by atoms with Crippen LogP contribution in [0.5, 0.6) is 0 Å². The number of piperidine rings is 1. The molecule has 0 spiro atoms. The van der Waals surface area contributed by atoms with Crippen LogP contribution >= 0.6 is 11.3 Å². The Bertz CT molecular complexity index is 553. The molecule has 1 aromatic heterocycles. The normalized spacial score (nSPS) is 28.7. The fourth-order valence-electron chi connectivity index (χ4n) is 3.16. The molecule has 1 nitrogen and oxygen atoms in total. The van der Waals surface area contributed by atoms with Gasteiger partial charge in [-0.3, -0.25) is 0 Å². The second-order valence-electron chi connectivity index (χ2n) is 5.47. The van der Waals surface area contributed by atoms with Gasteiger partial charge in [0, 0.05) is 16.8 Å². The predicted molar refractivity (Wildman–Crippen MR) is 75.8 cm³/mol. The third kappa shape index (κ3) is 2.17. The van der Waals surface area contributed by atoms with Crippen molar-refractivity contribution in [3.05, 3.63) is 35.0 Å². The summed E-state index contributed by atoms with van der Waals surface area (Å²) in [6.07, 6.45) is 2.35. The van der Waals surface area contributed by atoms with Gasteiger partial charge in [0.25, 0.3) is 0 Å². The Morgan fingerprint density at radius 3 is 2.67 bits per heavy atom. The van der Waals surface area contributed by atoms with Crippen molar-refractivity contribution >= 4 is 21.4 Å². The third-order valence-corrected chi connectivity index (χ3v) is 4.82. The van der Waals surface area contributed by atoms with E-state index in [9.17, 15) is 4.39 Å². The van der Waals surface area contributed by atoms with Crippen LogP contribution in [-0.2, 0) is 0 Å². The van der Waals surface area contributed by atoms with Crippen LogP contribution in [0.2, 0.25) is 0 Å². The zero-order valence-electron chi connectivity index (χ0n) is 10.7. The van der Waals surface area contributed by atoms with Gasteiger partial charge in [-0.1, -0.05) is 6.07 Å². The fourth-order valence-corrected chi connectivity index (χ4v) is 4.23. The second kappa shape index (κ2) is 4.63. The van der Waals surface area contributed by atoms with Crippen LogP contribution in [-0.4, -0.2) is 12.1 Å². The van der Waals surface area contributed by atoms with E-state index >= 15 is 0 Å². The number of nitrogens with one attached hydrogen (secondary N) is 1. The summed E-state index contributed by atoms with van der Waals surface area (Å²) in [4.78, 5) is 0. The smallest absolute Gasteiger partial charge is 0.124 e. The molecule has 3 heteroatoms. The standard InChI is InChI=1S/C15H18FNS/c1-9-5-11(6-10(2)17-9)14-8-18-15-7-12(16)3-4-13(14)15/h3-4,7-11,17H,5-6H2,1-2H3. The van der Waals surface area contributed by atoms with Crippen LogP contribution in [0.3, 0.4) is 0 Å². The first-order valence-electron chi connectivity index (χ1n) is 6.56. The molecule has 1 saturated heterocycles. The summed E-state index contributed by atoms with van der Waals surface area (Å²) < 4.78 is 14.3. The third-order valence-electron chi connectivity index (χ3n) is 3.85. The predicted octanol–water partition coefficient (Wildman–Crippen LogP) is 4.28. The Hall–Kier alpha value is -0.930. The van der Waals surface area contributed by atoms with E-state index < -0.39 is 0 Å². The van der Waals surface area contributed by atoms with Gasteiger partial charge in [-0.25, -0.2) is 4.39 Å². The highest BCUT2D eigenvalue weighted by atomic mass is 32.1. The van der Waals surface area contributed by atoms with E-state index in [0.717, 1.165) is 4.70 Å². The first-order chi connectivity index (χ1) is 8.63. The molecule has 2 unspecified atom stereocenters. The number of hydrogen-bond acceptors (Lipinski definition) is 2. The molecule has 0 saturated carbocycles. The van der Waals surface area contributed by atoms with E-state index in [0.29, 0.717) is 18.0 Å². The molecular formula is C15H18FNS. The van der Waals surface area contributed by atoms with Crippen molar-refractivity contribution in [1.29, 1.82) is 0 Å². The Labute approximate surface area is 111 Å². The molecule has 0 radical (unpaired) electrons. The lowest BCUT2D eigenvalue weighted by atomic mass is 9.84. The van der Waals surface area contributed by atoms with Gasteiger partial charge in [-0.15, -0.1) is 11.3 Å². The summed E-state index contributed by atoms with van der Waals surface area (Å²) >= 11 is 1.66. The van der Waals surface area contributed by atoms with Crippen LogP contribution in [0.4, 0.5) is 4.39 Å². The van der Waals surface area contributed by atoms with Gasteiger partial charge in [0.2, 0.25) is 0 Å². The lowest BCUT2D eigenvalue weighted by Crippen LogP contribution is -2.41. The summed E-state index contributed by atoms with van der Waals surface area (Å²) in [6.45, 7) is 4.49. The van der Waals surface area contributed by atoms with Crippen molar-refractivity contribution in [1.82, 2.24) is 5.32 Å². The fraction of sp³-hybridized carbons (Fsp3) is 0.467. The van der Waals surface area contributed by atoms with E-state index in [1.165, 1.54) is 23.8 Å². The molecule has 1 N–H and O–H groups in total. The Morgan fingerprint density at radius 2 is 1.94 bits per heavy atom. The van der Waals surface area contributed by atoms with Crippen LogP contribution in [0, 0.1) is 5.82 Å². The number of benzene rings is 1. The second-order valence-corrected chi connectivity index (χ2v) is 6.38. The summed E-state index contributed by atoms with van der Waals surface area (Å²) in [5.74, 6) is 0.471. The largest absolute Gasteiger partial charge is 0.312 e. The number of fused-ring (bicyclic) bond motifs is 1. The highest BCUT2D eigenvalue weighted by Gasteiger charge is 2.26. The maximum absolute atomic E-state index is 13.2. The number of hydrogen-bond donors (Lipinski definition) is 1. The van der Waals surface area contributed by atoms with Gasteiger partial charge < -0.3 is 5.32 Å². The monoisotopic (exact) mass is 263 g/mol. The van der Waals surface area contributed by atoms with Crippen LogP contribution in [0.25, 0.3) is 10.1 Å². The molecular weight excluding hydrogens is 245 g/mol. The molecule has 2 aromatic rings. The molecule has 0 aliphatic carbocycles. The topological polar surface area (TPSA) is 12.0 Å². The highest BCUT2D eigenvalue weighted by Crippen LogP contribution is 2.38. The summed E-state index contributed by atoms with van der Waals surface area (Å²) in [5, 5.41) is 7.04. The maximum atomic E-state index is 13.2. The zero-order chi connectivity index (χ0) is 12.7. The number of thiophene rings is 1. The van der Waals surface area contributed by atoms with E-state index in [4.69, 9.17) is 0 Å². The molecule has 1 fully saturated rings. The van der Waals surface area contributed by atoms with Crippen molar-refractivity contribution in [2.75, 3.05) is 0 Å². The molecule has 1 aromatic carbocycles. The first kappa shape index (κ1) is 12.1. The van der Waals surface area contributed by atoms with E-state index in [1.807, 2.05) is 6.07 Å². The van der Waals surface area contributed by atoms with E-state index in [-0.39, 0.29) is 5.82 Å². The van der Waals surface area contributed by atoms with Crippen LogP contribution in [0.1, 0.15) is 38.2 Å². The van der Waals surface area contributed by atoms with Gasteiger partial charge >= 0.3 is 0 Å². The van der Waals surface area contributed by atoms with Gasteiger partial charge in [-0.2, -0.15) is 0 Å². The molecule has 3 rings (SSSR count). The van der Waals surface area contributed by atoms with Crippen molar-refractivity contribution < 1.29 is 4.39 Å². The van der Waals surface area contributed by atoms with Gasteiger partial charge in [0.05, 0.1) is 0 Å². The highest BCUT2D eigenvalue weighted by molar-refractivity contribution is 7.17. The molecule has 1 aliphatic rings. The molecule has 96 valence electrons. The Kier molecular flexibility index (Phi) is 3.12. The van der Waals surface area contributed by atoms with Crippen LogP contribution in [0.15, 0.2) is 23.6 Å². The Balaban J connectivity index is 1.98. The first-order valence-corrected chi connectivity index (χ1v) is 7.44. The minimum atomic E-state index is -0.136. The molecule has 2 heterocycles. The molecule has 2 atom stereocenters. The summed E-state index contributed by atoms with van der Waals surface area (Å²) in [5.41, 5.74) is 1.41. The lowest BCUT2D eigenvalue weighted by Gasteiger charge is -2.33. The van der Waals surface area contributed by atoms with Crippen molar-refractivity contribution in [3.63, 3.8) is 0 Å². The number of rotatable bonds is 1. The molecule has 0 bridgehead atoms. The van der Waals surface area contributed by atoms with Gasteiger partial charge in [-0.05, 0) is 61.1 Å². The van der Waals surface area contributed by atoms with Crippen LogP contribution < -0.4 is 5.32 Å². The number of halogens is 1. The minimum Gasteiger partial charge on any atom is -0.312 e. The molecule has 18 heavy (non-hydrogen) atoms. The van der Waals surface area contributed by atoms with Crippen molar-refractivity contribution in [2.24, 2.45) is 0 Å². The maximum Gasteiger partial charge on any atom is 0.124 e. The quantitative estimate of drug-likeness (QED) is 0.809. The average molecular weight is 263 g/mol. The molecule has 1 aliphatic heterocycles. The average Bonchev–Trinajstić information content (AvgIpc) is 2.70. The van der Waals surface area contributed by atoms with E-state index in [2.05, 4.69) is 24.5 Å². The van der Waals surface area contributed by atoms with Gasteiger partial charge in [0.15, 0.2) is 0 Å². The summed E-state index contributed by atoms with van der Waals surface area (Å²) in [7, 11) is 0. The minimum absolute atomic E-state index is 0.136. The van der Waals surface area contributed by atoms with Crippen molar-refractivity contribution in [2.45, 2.75) is 44.7 Å². The summed E-state index contributed by atoms with van der Waals surface area (Å²) in [6, 6.07) is 6.29.